The third kappa shape index (κ3) is 13.5. The molecule has 340 valence electrons. The molecule has 3 heterocycles. The Hall–Kier alpha value is -4.58. The van der Waals surface area contributed by atoms with Crippen LogP contribution in [0.1, 0.15) is 71.4 Å². The van der Waals surface area contributed by atoms with E-state index in [2.05, 4.69) is 106 Å². The average Bonchev–Trinajstić information content (AvgIpc) is 3.32. The SMILES string of the molecule is CCC(=O)N(CC(C)(C)N1CCN(Cc2ccccc2)CC1)c1ccccc1.CCOc1ccc(N(CC2(N3CCN(Cc4ccccc4)CC3)CCN(C)CC2)C(=O)CC)cc1. The summed E-state index contributed by atoms with van der Waals surface area (Å²) >= 11 is 0. The van der Waals surface area contributed by atoms with Gasteiger partial charge in [0, 0.05) is 114 Å². The number of piperidine rings is 1. The van der Waals surface area contributed by atoms with E-state index in [0.29, 0.717) is 26.0 Å². The van der Waals surface area contributed by atoms with Crippen LogP contribution in [0.2, 0.25) is 0 Å². The number of likely N-dealkylation sites (tertiary alicyclic amines) is 1. The van der Waals surface area contributed by atoms with Gasteiger partial charge in [-0.1, -0.05) is 92.7 Å². The van der Waals surface area contributed by atoms with E-state index < -0.39 is 0 Å². The number of ether oxygens (including phenoxy) is 1. The lowest BCUT2D eigenvalue weighted by molar-refractivity contribution is -0.119. The molecule has 3 aliphatic heterocycles. The number of carbonyl (C=O) groups is 2. The lowest BCUT2D eigenvalue weighted by Crippen LogP contribution is -2.64. The van der Waals surface area contributed by atoms with Crippen LogP contribution in [0.4, 0.5) is 11.4 Å². The van der Waals surface area contributed by atoms with Crippen molar-refractivity contribution in [2.24, 2.45) is 0 Å². The number of amides is 2. The number of hydrogen-bond donors (Lipinski definition) is 0. The molecule has 0 aromatic heterocycles. The molecule has 3 fully saturated rings. The van der Waals surface area contributed by atoms with Crippen LogP contribution in [-0.2, 0) is 22.7 Å². The number of rotatable bonds is 16. The van der Waals surface area contributed by atoms with Crippen LogP contribution in [0, 0.1) is 0 Å². The second kappa shape index (κ2) is 23.4. The van der Waals surface area contributed by atoms with Gasteiger partial charge < -0.3 is 19.4 Å². The highest BCUT2D eigenvalue weighted by Crippen LogP contribution is 2.34. The lowest BCUT2D eigenvalue weighted by Gasteiger charge is -2.52. The zero-order valence-electron chi connectivity index (χ0n) is 39.3. The van der Waals surface area contributed by atoms with Crippen molar-refractivity contribution in [2.45, 2.75) is 84.5 Å². The molecular weight excluding hydrogens is 783 g/mol. The van der Waals surface area contributed by atoms with Crippen molar-refractivity contribution < 1.29 is 14.3 Å². The predicted molar refractivity (Wildman–Crippen MR) is 259 cm³/mol. The summed E-state index contributed by atoms with van der Waals surface area (Å²) < 4.78 is 5.63. The van der Waals surface area contributed by atoms with Crippen LogP contribution in [0.3, 0.4) is 0 Å². The van der Waals surface area contributed by atoms with E-state index >= 15 is 0 Å². The number of para-hydroxylation sites is 1. The molecule has 10 heteroatoms. The molecule has 0 radical (unpaired) electrons. The summed E-state index contributed by atoms with van der Waals surface area (Å²) in [7, 11) is 2.21. The van der Waals surface area contributed by atoms with Crippen LogP contribution in [-0.4, -0.2) is 140 Å². The van der Waals surface area contributed by atoms with Gasteiger partial charge in [-0.15, -0.1) is 0 Å². The molecule has 4 aromatic rings. The molecule has 0 atom stereocenters. The van der Waals surface area contributed by atoms with Crippen molar-refractivity contribution in [3.63, 3.8) is 0 Å². The molecule has 3 aliphatic rings. The van der Waals surface area contributed by atoms with Crippen molar-refractivity contribution in [1.29, 1.82) is 0 Å². The molecule has 2 amide bonds. The molecule has 0 saturated carbocycles. The van der Waals surface area contributed by atoms with Crippen LogP contribution >= 0.6 is 0 Å². The number of benzene rings is 4. The van der Waals surface area contributed by atoms with Crippen LogP contribution < -0.4 is 14.5 Å². The topological polar surface area (TPSA) is 66.1 Å². The Kier molecular flexibility index (Phi) is 17.8. The van der Waals surface area contributed by atoms with Gasteiger partial charge in [0.15, 0.2) is 0 Å². The summed E-state index contributed by atoms with van der Waals surface area (Å²) in [5, 5.41) is 0. The van der Waals surface area contributed by atoms with Gasteiger partial charge >= 0.3 is 0 Å². The van der Waals surface area contributed by atoms with E-state index in [9.17, 15) is 9.59 Å². The van der Waals surface area contributed by atoms with E-state index in [1.807, 2.05) is 85.2 Å². The monoisotopic (exact) mass is 858 g/mol. The first-order valence-corrected chi connectivity index (χ1v) is 23.6. The molecule has 0 unspecified atom stereocenters. The van der Waals surface area contributed by atoms with E-state index in [1.165, 1.54) is 11.1 Å². The highest BCUT2D eigenvalue weighted by Gasteiger charge is 2.43. The summed E-state index contributed by atoms with van der Waals surface area (Å²) in [6, 6.07) is 39.6. The van der Waals surface area contributed by atoms with Gasteiger partial charge in [-0.05, 0) is 101 Å². The van der Waals surface area contributed by atoms with Gasteiger partial charge in [-0.2, -0.15) is 0 Å². The van der Waals surface area contributed by atoms with E-state index in [0.717, 1.165) is 115 Å². The standard InChI is InChI=1S/C29H42N4O2.C24H33N3O/c1-4-28(34)33(26-11-13-27(14-12-26)35-5-2)24-29(15-17-30(3)18-16-29)32-21-19-31(20-22-32)23-25-9-7-6-8-10-25;1-4-23(28)27(22-13-9-6-10-14-22)20-24(2,3)26-17-15-25(16-18-26)19-21-11-7-5-8-12-21/h6-14H,4-5,15-24H2,1-3H3;5-14H,4,15-20H2,1-3H3. The Balaban J connectivity index is 0.000000215. The summed E-state index contributed by atoms with van der Waals surface area (Å²) in [5.41, 5.74) is 4.66. The van der Waals surface area contributed by atoms with Gasteiger partial charge in [0.1, 0.15) is 5.75 Å². The minimum Gasteiger partial charge on any atom is -0.494 e. The summed E-state index contributed by atoms with van der Waals surface area (Å²) in [5.74, 6) is 1.22. The fourth-order valence-electron chi connectivity index (χ4n) is 9.49. The number of carbonyl (C=O) groups excluding carboxylic acids is 2. The molecule has 0 spiro atoms. The summed E-state index contributed by atoms with van der Waals surface area (Å²) in [6.45, 7) is 25.1. The van der Waals surface area contributed by atoms with E-state index in [4.69, 9.17) is 4.74 Å². The molecule has 0 bridgehead atoms. The lowest BCUT2D eigenvalue weighted by atomic mass is 9.84. The van der Waals surface area contributed by atoms with Gasteiger partial charge in [-0.25, -0.2) is 0 Å². The fourth-order valence-corrected chi connectivity index (χ4v) is 9.49. The summed E-state index contributed by atoms with van der Waals surface area (Å²) in [4.78, 5) is 42.6. The van der Waals surface area contributed by atoms with Crippen molar-refractivity contribution in [2.75, 3.05) is 102 Å². The maximum atomic E-state index is 13.2. The highest BCUT2D eigenvalue weighted by molar-refractivity contribution is 5.94. The number of anilines is 2. The Morgan fingerprint density at radius 3 is 1.54 bits per heavy atom. The van der Waals surface area contributed by atoms with Crippen molar-refractivity contribution in [3.05, 3.63) is 126 Å². The molecule has 0 N–H and O–H groups in total. The molecular formula is C53H75N7O3. The first-order chi connectivity index (χ1) is 30.5. The Labute approximate surface area is 379 Å². The quantitative estimate of drug-likeness (QED) is 0.112. The minimum absolute atomic E-state index is 0.00870. The Morgan fingerprint density at radius 1 is 0.587 bits per heavy atom. The normalized spacial score (nSPS) is 17.9. The third-order valence-electron chi connectivity index (χ3n) is 13.4. The number of hydrogen-bond acceptors (Lipinski definition) is 8. The number of nitrogens with zero attached hydrogens (tertiary/aromatic N) is 7. The Bertz CT molecular complexity index is 1940. The van der Waals surface area contributed by atoms with Crippen molar-refractivity contribution >= 4 is 23.2 Å². The average molecular weight is 858 g/mol. The van der Waals surface area contributed by atoms with Crippen molar-refractivity contribution in [1.82, 2.24) is 24.5 Å². The molecule has 0 aliphatic carbocycles. The minimum atomic E-state index is -0.0699. The second-order valence-corrected chi connectivity index (χ2v) is 18.3. The largest absolute Gasteiger partial charge is 0.494 e. The van der Waals surface area contributed by atoms with Gasteiger partial charge in [-0.3, -0.25) is 29.2 Å². The van der Waals surface area contributed by atoms with Gasteiger partial charge in [0.2, 0.25) is 11.8 Å². The summed E-state index contributed by atoms with van der Waals surface area (Å²) in [6.07, 6.45) is 3.21. The zero-order chi connectivity index (χ0) is 44.7. The third-order valence-corrected chi connectivity index (χ3v) is 13.4. The fraction of sp³-hybridized carbons (Fsp3) is 0.509. The first kappa shape index (κ1) is 47.9. The van der Waals surface area contributed by atoms with Crippen molar-refractivity contribution in [3.8, 4) is 5.75 Å². The van der Waals surface area contributed by atoms with Crippen LogP contribution in [0.25, 0.3) is 0 Å². The zero-order valence-corrected chi connectivity index (χ0v) is 39.3. The second-order valence-electron chi connectivity index (χ2n) is 18.3. The molecule has 7 rings (SSSR count). The van der Waals surface area contributed by atoms with Gasteiger partial charge in [0.05, 0.1) is 6.61 Å². The number of piperazine rings is 2. The maximum Gasteiger partial charge on any atom is 0.226 e. The highest BCUT2D eigenvalue weighted by atomic mass is 16.5. The molecule has 63 heavy (non-hydrogen) atoms. The molecule has 4 aromatic carbocycles. The van der Waals surface area contributed by atoms with Gasteiger partial charge in [0.25, 0.3) is 0 Å². The molecule has 3 saturated heterocycles. The Morgan fingerprint density at radius 2 is 1.05 bits per heavy atom. The predicted octanol–water partition coefficient (Wildman–Crippen LogP) is 8.14. The smallest absolute Gasteiger partial charge is 0.226 e. The van der Waals surface area contributed by atoms with E-state index in [-0.39, 0.29) is 22.9 Å². The van der Waals surface area contributed by atoms with E-state index in [1.54, 1.807) is 0 Å². The maximum absolute atomic E-state index is 13.2. The first-order valence-electron chi connectivity index (χ1n) is 23.6. The van der Waals surface area contributed by atoms with Crippen LogP contribution in [0.5, 0.6) is 5.75 Å². The molecule has 10 nitrogen and oxygen atoms in total. The van der Waals surface area contributed by atoms with Crippen LogP contribution in [0.15, 0.2) is 115 Å².